The second-order valence-corrected chi connectivity index (χ2v) is 5.57. The van der Waals surface area contributed by atoms with E-state index in [9.17, 15) is 9.59 Å². The highest BCUT2D eigenvalue weighted by molar-refractivity contribution is 5.84. The molecule has 0 unspecified atom stereocenters. The molecule has 0 atom stereocenters. The molecule has 1 heterocycles. The van der Waals surface area contributed by atoms with Gasteiger partial charge in [-0.15, -0.1) is 5.10 Å². The minimum Gasteiger partial charge on any atom is -0.476 e. The van der Waals surface area contributed by atoms with Gasteiger partial charge in [0.15, 0.2) is 5.69 Å². The van der Waals surface area contributed by atoms with E-state index in [-0.39, 0.29) is 18.1 Å². The molecular formula is C17H22N4O4. The average Bonchev–Trinajstić information content (AvgIpc) is 3.07. The Morgan fingerprint density at radius 2 is 2.00 bits per heavy atom. The van der Waals surface area contributed by atoms with Gasteiger partial charge in [0.05, 0.1) is 12.8 Å². The molecule has 0 aliphatic carbocycles. The number of carboxylic acid groups (broad SMARTS) is 1. The number of carboxylic acids is 1. The highest BCUT2D eigenvalue weighted by Gasteiger charge is 2.16. The summed E-state index contributed by atoms with van der Waals surface area (Å²) < 4.78 is 6.31. The number of carbonyl (C=O) groups is 2. The van der Waals surface area contributed by atoms with Gasteiger partial charge in [-0.2, -0.15) is 0 Å². The second kappa shape index (κ2) is 9.53. The van der Waals surface area contributed by atoms with Crippen LogP contribution >= 0.6 is 0 Å². The predicted molar refractivity (Wildman–Crippen MR) is 90.2 cm³/mol. The fourth-order valence-electron chi connectivity index (χ4n) is 2.39. The van der Waals surface area contributed by atoms with Crippen LogP contribution < -0.4 is 0 Å². The summed E-state index contributed by atoms with van der Waals surface area (Å²) in [7, 11) is 1.59. The van der Waals surface area contributed by atoms with E-state index in [1.165, 1.54) is 16.4 Å². The number of benzene rings is 1. The van der Waals surface area contributed by atoms with Crippen LogP contribution in [-0.2, 0) is 22.5 Å². The lowest BCUT2D eigenvalue weighted by molar-refractivity contribution is -0.132. The van der Waals surface area contributed by atoms with Crippen LogP contribution in [-0.4, -0.2) is 63.7 Å². The van der Waals surface area contributed by atoms with E-state index in [0.29, 0.717) is 19.7 Å². The zero-order valence-electron chi connectivity index (χ0n) is 14.2. The lowest BCUT2D eigenvalue weighted by Crippen LogP contribution is -2.37. The normalized spacial score (nSPS) is 10.6. The first-order chi connectivity index (χ1) is 12.1. The maximum atomic E-state index is 12.5. The van der Waals surface area contributed by atoms with Gasteiger partial charge in [-0.3, -0.25) is 4.79 Å². The zero-order valence-corrected chi connectivity index (χ0v) is 14.2. The number of hydrogen-bond donors (Lipinski definition) is 1. The topological polar surface area (TPSA) is 97.5 Å². The van der Waals surface area contributed by atoms with Gasteiger partial charge in [0.1, 0.15) is 6.54 Å². The molecule has 0 saturated heterocycles. The van der Waals surface area contributed by atoms with Gasteiger partial charge in [-0.25, -0.2) is 9.48 Å². The molecule has 0 bridgehead atoms. The Morgan fingerprint density at radius 3 is 2.64 bits per heavy atom. The summed E-state index contributed by atoms with van der Waals surface area (Å²) in [4.78, 5) is 25.0. The molecule has 0 aliphatic heterocycles. The molecule has 8 heteroatoms. The molecule has 2 aromatic rings. The van der Waals surface area contributed by atoms with Crippen LogP contribution in [0.2, 0.25) is 0 Å². The fraction of sp³-hybridized carbons (Fsp3) is 0.412. The monoisotopic (exact) mass is 346 g/mol. The van der Waals surface area contributed by atoms with Crippen molar-refractivity contribution in [3.8, 4) is 0 Å². The molecule has 25 heavy (non-hydrogen) atoms. The van der Waals surface area contributed by atoms with Gasteiger partial charge in [0.2, 0.25) is 5.91 Å². The minimum absolute atomic E-state index is 0.0463. The number of amides is 1. The van der Waals surface area contributed by atoms with Crippen LogP contribution in [0.15, 0.2) is 36.5 Å². The Kier molecular flexibility index (Phi) is 7.09. The average molecular weight is 346 g/mol. The summed E-state index contributed by atoms with van der Waals surface area (Å²) in [5, 5.41) is 16.0. The number of ether oxygens (including phenoxy) is 1. The van der Waals surface area contributed by atoms with E-state index in [4.69, 9.17) is 9.84 Å². The van der Waals surface area contributed by atoms with Crippen LogP contribution in [0.5, 0.6) is 0 Å². The first kappa shape index (κ1) is 18.6. The number of rotatable bonds is 10. The van der Waals surface area contributed by atoms with Gasteiger partial charge in [0, 0.05) is 20.2 Å². The number of aromatic nitrogens is 3. The third-order valence-electron chi connectivity index (χ3n) is 3.71. The van der Waals surface area contributed by atoms with Crippen molar-refractivity contribution >= 4 is 11.9 Å². The van der Waals surface area contributed by atoms with E-state index in [2.05, 4.69) is 22.4 Å². The maximum Gasteiger partial charge on any atom is 0.358 e. The van der Waals surface area contributed by atoms with Crippen molar-refractivity contribution in [2.75, 3.05) is 26.8 Å². The minimum atomic E-state index is -1.17. The lowest BCUT2D eigenvalue weighted by Gasteiger charge is -2.22. The SMILES string of the molecule is COCCN(CCCc1ccccc1)C(=O)Cn1cc(C(=O)O)nn1. The molecule has 1 aromatic heterocycles. The van der Waals surface area contributed by atoms with Crippen molar-refractivity contribution in [3.05, 3.63) is 47.8 Å². The molecule has 0 spiro atoms. The van der Waals surface area contributed by atoms with Gasteiger partial charge in [-0.05, 0) is 18.4 Å². The number of aromatic carboxylic acids is 1. The molecular weight excluding hydrogens is 324 g/mol. The summed E-state index contributed by atoms with van der Waals surface area (Å²) in [6, 6.07) is 10.1. The lowest BCUT2D eigenvalue weighted by atomic mass is 10.1. The summed E-state index contributed by atoms with van der Waals surface area (Å²) >= 11 is 0. The Morgan fingerprint density at radius 1 is 1.24 bits per heavy atom. The number of hydrogen-bond acceptors (Lipinski definition) is 5. The van der Waals surface area contributed by atoms with E-state index in [0.717, 1.165) is 12.8 Å². The quantitative estimate of drug-likeness (QED) is 0.691. The van der Waals surface area contributed by atoms with Crippen molar-refractivity contribution < 1.29 is 19.4 Å². The highest BCUT2D eigenvalue weighted by Crippen LogP contribution is 2.05. The van der Waals surface area contributed by atoms with E-state index >= 15 is 0 Å². The summed E-state index contributed by atoms with van der Waals surface area (Å²) in [5.41, 5.74) is 1.05. The van der Waals surface area contributed by atoms with Crippen molar-refractivity contribution in [2.45, 2.75) is 19.4 Å². The van der Waals surface area contributed by atoms with Crippen molar-refractivity contribution in [1.29, 1.82) is 0 Å². The Bertz CT molecular complexity index is 687. The first-order valence-corrected chi connectivity index (χ1v) is 8.04. The van der Waals surface area contributed by atoms with Gasteiger partial charge in [0.25, 0.3) is 0 Å². The number of aryl methyl sites for hydroxylation is 1. The smallest absolute Gasteiger partial charge is 0.358 e. The Labute approximate surface area is 146 Å². The van der Waals surface area contributed by atoms with Crippen LogP contribution in [0, 0.1) is 0 Å². The molecule has 0 aliphatic rings. The standard InChI is InChI=1S/C17H22N4O4/c1-25-11-10-20(9-5-8-14-6-3-2-4-7-14)16(22)13-21-12-15(17(23)24)18-19-21/h2-4,6-7,12H,5,8-11,13H2,1H3,(H,23,24). The van der Waals surface area contributed by atoms with Crippen molar-refractivity contribution in [3.63, 3.8) is 0 Å². The third kappa shape index (κ3) is 6.00. The van der Waals surface area contributed by atoms with Gasteiger partial charge in [-0.1, -0.05) is 35.5 Å². The van der Waals surface area contributed by atoms with Crippen LogP contribution in [0.1, 0.15) is 22.5 Å². The largest absolute Gasteiger partial charge is 0.476 e. The summed E-state index contributed by atoms with van der Waals surface area (Å²) in [6.45, 7) is 1.46. The zero-order chi connectivity index (χ0) is 18.1. The molecule has 8 nitrogen and oxygen atoms in total. The molecule has 0 saturated carbocycles. The molecule has 1 N–H and O–H groups in total. The van der Waals surface area contributed by atoms with Crippen LogP contribution in [0.25, 0.3) is 0 Å². The van der Waals surface area contributed by atoms with E-state index < -0.39 is 5.97 Å². The van der Waals surface area contributed by atoms with Crippen molar-refractivity contribution in [1.82, 2.24) is 19.9 Å². The molecule has 134 valence electrons. The molecule has 1 aromatic carbocycles. The first-order valence-electron chi connectivity index (χ1n) is 8.04. The van der Waals surface area contributed by atoms with Gasteiger partial charge >= 0.3 is 5.97 Å². The fourth-order valence-corrected chi connectivity index (χ4v) is 2.39. The maximum absolute atomic E-state index is 12.5. The molecule has 2 rings (SSSR count). The van der Waals surface area contributed by atoms with Crippen molar-refractivity contribution in [2.24, 2.45) is 0 Å². The molecule has 0 radical (unpaired) electrons. The number of nitrogens with zero attached hydrogens (tertiary/aromatic N) is 4. The third-order valence-corrected chi connectivity index (χ3v) is 3.71. The van der Waals surface area contributed by atoms with Crippen LogP contribution in [0.3, 0.4) is 0 Å². The summed E-state index contributed by atoms with van der Waals surface area (Å²) in [5.74, 6) is -1.32. The van der Waals surface area contributed by atoms with Gasteiger partial charge < -0.3 is 14.7 Å². The molecule has 0 fully saturated rings. The van der Waals surface area contributed by atoms with E-state index in [1.54, 1.807) is 12.0 Å². The second-order valence-electron chi connectivity index (χ2n) is 5.57. The Hall–Kier alpha value is -2.74. The Balaban J connectivity index is 1.90. The summed E-state index contributed by atoms with van der Waals surface area (Å²) in [6.07, 6.45) is 2.96. The van der Waals surface area contributed by atoms with E-state index in [1.807, 2.05) is 18.2 Å². The predicted octanol–water partition coefficient (Wildman–Crippen LogP) is 1.08. The molecule has 1 amide bonds. The number of methoxy groups -OCH3 is 1. The number of carbonyl (C=O) groups excluding carboxylic acids is 1. The van der Waals surface area contributed by atoms with Crippen LogP contribution in [0.4, 0.5) is 0 Å². The highest BCUT2D eigenvalue weighted by atomic mass is 16.5.